The summed E-state index contributed by atoms with van der Waals surface area (Å²) >= 11 is 0. The molecule has 6 N–H and O–H groups in total. The Morgan fingerprint density at radius 2 is 1.54 bits per heavy atom. The Hall–Kier alpha value is -5.10. The van der Waals surface area contributed by atoms with Gasteiger partial charge in [0, 0.05) is 37.3 Å². The smallest absolute Gasteiger partial charge is 0.475 e. The second-order valence-corrected chi connectivity index (χ2v) is 13.4. The lowest BCUT2D eigenvalue weighted by molar-refractivity contribution is -0.192. The minimum atomic E-state index is -5.08. The number of piperidine rings is 1. The molecule has 2 aromatic carbocycles. The number of aliphatic carboxylic acids is 1. The number of halogens is 3. The molecule has 0 amide bonds. The van der Waals surface area contributed by atoms with Gasteiger partial charge in [-0.2, -0.15) is 28.2 Å². The number of imidazole rings is 1. The summed E-state index contributed by atoms with van der Waals surface area (Å²) in [7, 11) is 0. The SMILES string of the molecule is O=C(O)C(F)(F)F.OCc1cnn([C@H]2C[C@@H](n3cnc4c(NCC(c5ccccc5)c5ccccc5)nc(NCCN5CCCCC5)nc43)[C@H](O)[C@@H]2O)c1. The van der Waals surface area contributed by atoms with Crippen LogP contribution in [0.25, 0.3) is 11.2 Å². The third-order valence-corrected chi connectivity index (χ3v) is 9.86. The molecule has 7 rings (SSSR count). The van der Waals surface area contributed by atoms with Gasteiger partial charge in [0.25, 0.3) is 0 Å². The number of carboxylic acid groups (broad SMARTS) is 1. The van der Waals surface area contributed by atoms with Gasteiger partial charge < -0.3 is 40.5 Å². The largest absolute Gasteiger partial charge is 0.490 e. The Morgan fingerprint density at radius 3 is 2.13 bits per heavy atom. The summed E-state index contributed by atoms with van der Waals surface area (Å²) in [5, 5.41) is 50.4. The van der Waals surface area contributed by atoms with Gasteiger partial charge in [-0.3, -0.25) is 4.68 Å². The third kappa shape index (κ3) is 9.15. The normalized spacial score (nSPS) is 20.5. The number of hydrogen-bond donors (Lipinski definition) is 6. The average molecular weight is 752 g/mol. The van der Waals surface area contributed by atoms with Gasteiger partial charge in [0.15, 0.2) is 17.0 Å². The summed E-state index contributed by atoms with van der Waals surface area (Å²) in [5.74, 6) is -1.59. The van der Waals surface area contributed by atoms with Gasteiger partial charge in [0.05, 0.1) is 31.2 Å². The molecule has 0 bridgehead atoms. The van der Waals surface area contributed by atoms with Gasteiger partial charge in [-0.15, -0.1) is 0 Å². The molecule has 14 nitrogen and oxygen atoms in total. The van der Waals surface area contributed by atoms with Crippen LogP contribution in [0.3, 0.4) is 0 Å². The van der Waals surface area contributed by atoms with Crippen LogP contribution in [0.1, 0.15) is 60.4 Å². The zero-order valence-electron chi connectivity index (χ0n) is 29.4. The Labute approximate surface area is 309 Å². The lowest BCUT2D eigenvalue weighted by atomic mass is 9.91. The van der Waals surface area contributed by atoms with E-state index in [9.17, 15) is 28.5 Å². The van der Waals surface area contributed by atoms with Crippen molar-refractivity contribution < 1.29 is 38.4 Å². The van der Waals surface area contributed by atoms with Crippen molar-refractivity contribution in [1.82, 2.24) is 34.2 Å². The summed E-state index contributed by atoms with van der Waals surface area (Å²) in [6, 6.07) is 19.9. The molecule has 2 aliphatic rings. The molecule has 1 saturated heterocycles. The molecule has 0 radical (unpaired) electrons. The van der Waals surface area contributed by atoms with Gasteiger partial charge in [0.2, 0.25) is 5.95 Å². The quantitative estimate of drug-likeness (QED) is 0.107. The van der Waals surface area contributed by atoms with E-state index >= 15 is 0 Å². The van der Waals surface area contributed by atoms with E-state index < -0.39 is 36.4 Å². The minimum absolute atomic E-state index is 0.0745. The number of nitrogens with one attached hydrogen (secondary N) is 2. The molecule has 0 spiro atoms. The first kappa shape index (κ1) is 38.6. The molecule has 1 aliphatic carbocycles. The first-order valence-corrected chi connectivity index (χ1v) is 17.9. The van der Waals surface area contributed by atoms with Crippen LogP contribution in [-0.2, 0) is 11.4 Å². The first-order chi connectivity index (χ1) is 26.0. The fraction of sp³-hybridized carbons (Fsp3) is 0.432. The number of likely N-dealkylation sites (tertiary alicyclic amines) is 1. The Morgan fingerprint density at radius 1 is 0.907 bits per heavy atom. The molecule has 288 valence electrons. The molecule has 2 fully saturated rings. The topological polar surface area (TPSA) is 187 Å². The van der Waals surface area contributed by atoms with E-state index in [2.05, 4.69) is 69.2 Å². The number of carbonyl (C=O) groups is 1. The molecule has 1 aliphatic heterocycles. The summed E-state index contributed by atoms with van der Waals surface area (Å²) in [4.78, 5) is 25.9. The van der Waals surface area contributed by atoms with E-state index in [4.69, 9.17) is 24.9 Å². The van der Waals surface area contributed by atoms with Crippen LogP contribution in [0.2, 0.25) is 0 Å². The van der Waals surface area contributed by atoms with Crippen LogP contribution >= 0.6 is 0 Å². The second-order valence-electron chi connectivity index (χ2n) is 13.4. The maximum Gasteiger partial charge on any atom is 0.490 e. The van der Waals surface area contributed by atoms with Crippen molar-refractivity contribution in [3.63, 3.8) is 0 Å². The van der Waals surface area contributed by atoms with Gasteiger partial charge in [-0.25, -0.2) is 9.78 Å². The van der Waals surface area contributed by atoms with Crippen LogP contribution in [0.15, 0.2) is 79.4 Å². The Kier molecular flexibility index (Phi) is 12.4. The number of anilines is 2. The van der Waals surface area contributed by atoms with E-state index in [1.54, 1.807) is 23.4 Å². The van der Waals surface area contributed by atoms with Crippen LogP contribution in [-0.4, -0.2) is 112 Å². The zero-order chi connectivity index (χ0) is 38.2. The van der Waals surface area contributed by atoms with E-state index in [1.807, 2.05) is 16.7 Å². The monoisotopic (exact) mass is 751 g/mol. The highest BCUT2D eigenvalue weighted by Gasteiger charge is 2.44. The molecular formula is C37H44F3N9O5. The zero-order valence-corrected chi connectivity index (χ0v) is 29.4. The fourth-order valence-electron chi connectivity index (χ4n) is 7.03. The maximum atomic E-state index is 11.3. The summed E-state index contributed by atoms with van der Waals surface area (Å²) in [5.41, 5.74) is 4.21. The fourth-order valence-corrected chi connectivity index (χ4v) is 7.03. The van der Waals surface area contributed by atoms with E-state index in [0.29, 0.717) is 48.0 Å². The summed E-state index contributed by atoms with van der Waals surface area (Å²) in [6.07, 6.45) is 1.93. The number of fused-ring (bicyclic) bond motifs is 1. The van der Waals surface area contributed by atoms with Gasteiger partial charge in [0.1, 0.15) is 12.2 Å². The predicted molar refractivity (Wildman–Crippen MR) is 194 cm³/mol. The van der Waals surface area contributed by atoms with Crippen LogP contribution < -0.4 is 10.6 Å². The molecule has 17 heteroatoms. The lowest BCUT2D eigenvalue weighted by Crippen LogP contribution is -2.34. The number of aliphatic hydroxyl groups excluding tert-OH is 3. The standard InChI is InChI=1S/C35H43N9O3.C2HF3O2/c45-22-24-19-39-44(21-24)29-18-28(31(46)32(29)47)43-23-38-30-33(40-35(41-34(30)43)36-14-17-42-15-8-3-9-16-42)37-20-27(25-10-4-1-5-11-25)26-12-6-2-7-13-26;3-2(4,5)1(6)7/h1-2,4-7,10-13,19,21,23,27-29,31-32,45-47H,3,8-9,14-18,20,22H2,(H2,36,37,40,41);(H,6,7)/t28-,29+,31+,32-;/m1./s1. The van der Waals surface area contributed by atoms with Crippen molar-refractivity contribution in [3.05, 3.63) is 96.1 Å². The molecule has 4 heterocycles. The number of carboxylic acids is 1. The van der Waals surface area contributed by atoms with E-state index in [0.717, 1.165) is 19.6 Å². The number of nitrogens with zero attached hydrogens (tertiary/aromatic N) is 7. The number of aliphatic hydroxyl groups is 3. The van der Waals surface area contributed by atoms with Crippen molar-refractivity contribution in [3.8, 4) is 0 Å². The third-order valence-electron chi connectivity index (χ3n) is 9.86. The van der Waals surface area contributed by atoms with Gasteiger partial charge in [-0.1, -0.05) is 67.1 Å². The van der Waals surface area contributed by atoms with E-state index in [-0.39, 0.29) is 12.5 Å². The average Bonchev–Trinajstić information content (AvgIpc) is 3.90. The van der Waals surface area contributed by atoms with Gasteiger partial charge in [-0.05, 0) is 43.5 Å². The molecular weight excluding hydrogens is 707 g/mol. The second kappa shape index (κ2) is 17.4. The Bertz CT molecular complexity index is 1920. The summed E-state index contributed by atoms with van der Waals surface area (Å²) < 4.78 is 35.2. The molecule has 5 aromatic rings. The van der Waals surface area contributed by atoms with Crippen molar-refractivity contribution in [2.24, 2.45) is 0 Å². The number of aromatic nitrogens is 6. The number of hydrogen-bond acceptors (Lipinski definition) is 11. The lowest BCUT2D eigenvalue weighted by Gasteiger charge is -2.26. The van der Waals surface area contributed by atoms with Gasteiger partial charge >= 0.3 is 12.1 Å². The van der Waals surface area contributed by atoms with Crippen LogP contribution in [0.5, 0.6) is 0 Å². The Balaban J connectivity index is 0.000000649. The number of benzene rings is 2. The summed E-state index contributed by atoms with van der Waals surface area (Å²) in [6.45, 7) is 4.27. The first-order valence-electron chi connectivity index (χ1n) is 17.9. The van der Waals surface area contributed by atoms with Crippen molar-refractivity contribution >= 4 is 28.9 Å². The van der Waals surface area contributed by atoms with Crippen molar-refractivity contribution in [1.29, 1.82) is 0 Å². The maximum absolute atomic E-state index is 11.3. The molecule has 54 heavy (non-hydrogen) atoms. The molecule has 4 atom stereocenters. The predicted octanol–water partition coefficient (Wildman–Crippen LogP) is 4.20. The van der Waals surface area contributed by atoms with Crippen LogP contribution in [0.4, 0.5) is 24.9 Å². The van der Waals surface area contributed by atoms with Crippen molar-refractivity contribution in [2.75, 3.05) is 43.4 Å². The number of alkyl halides is 3. The minimum Gasteiger partial charge on any atom is -0.475 e. The molecule has 1 saturated carbocycles. The number of rotatable bonds is 12. The van der Waals surface area contributed by atoms with Crippen molar-refractivity contribution in [2.45, 2.75) is 68.7 Å². The van der Waals surface area contributed by atoms with E-state index in [1.165, 1.54) is 30.4 Å². The van der Waals surface area contributed by atoms with Crippen LogP contribution in [0, 0.1) is 0 Å². The molecule has 3 aromatic heterocycles. The highest BCUT2D eigenvalue weighted by molar-refractivity contribution is 5.84. The highest BCUT2D eigenvalue weighted by atomic mass is 19.4. The highest BCUT2D eigenvalue weighted by Crippen LogP contribution is 2.40. The molecule has 0 unspecified atom stereocenters.